The fraction of sp³-hybridized carbons (Fsp3) is 0.364. The molecule has 1 aliphatic rings. The molecule has 2 N–H and O–H groups in total. The minimum absolute atomic E-state index is 0.0386. The third-order valence-corrected chi connectivity index (χ3v) is 6.74. The van der Waals surface area contributed by atoms with E-state index in [1.165, 1.54) is 19.1 Å². The number of anilines is 1. The molecule has 0 atom stereocenters. The second-order valence-corrected chi connectivity index (χ2v) is 9.37. The molecule has 3 rings (SSSR count). The Balaban J connectivity index is 1.72. The number of carbonyl (C=O) groups is 2. The van der Waals surface area contributed by atoms with Crippen molar-refractivity contribution >= 4 is 27.5 Å². The van der Waals surface area contributed by atoms with Gasteiger partial charge in [0.1, 0.15) is 0 Å². The van der Waals surface area contributed by atoms with E-state index in [9.17, 15) is 18.0 Å². The zero-order valence-electron chi connectivity index (χ0n) is 17.2. The first kappa shape index (κ1) is 22.0. The molecule has 2 amide bonds. The smallest absolute Gasteiger partial charge is 0.255 e. The van der Waals surface area contributed by atoms with E-state index >= 15 is 0 Å². The molecule has 0 radical (unpaired) electrons. The van der Waals surface area contributed by atoms with Gasteiger partial charge in [-0.05, 0) is 48.7 Å². The molecule has 0 spiro atoms. The Morgan fingerprint density at radius 3 is 2.47 bits per heavy atom. The Hall–Kier alpha value is -2.71. The molecule has 2 aromatic rings. The van der Waals surface area contributed by atoms with E-state index in [1.54, 1.807) is 42.3 Å². The maximum Gasteiger partial charge on any atom is 0.255 e. The summed E-state index contributed by atoms with van der Waals surface area (Å²) in [6, 6.07) is 13.2. The van der Waals surface area contributed by atoms with Crippen LogP contribution in [0.3, 0.4) is 0 Å². The zero-order valence-corrected chi connectivity index (χ0v) is 18.0. The summed E-state index contributed by atoms with van der Waals surface area (Å²) in [5.41, 5.74) is 1.71. The minimum Gasteiger partial charge on any atom is -0.342 e. The number of rotatable bonds is 7. The van der Waals surface area contributed by atoms with Crippen LogP contribution >= 0.6 is 0 Å². The lowest BCUT2D eigenvalue weighted by Gasteiger charge is -2.15. The van der Waals surface area contributed by atoms with Crippen molar-refractivity contribution in [2.45, 2.75) is 50.1 Å². The molecule has 1 aliphatic carbocycles. The van der Waals surface area contributed by atoms with Crippen molar-refractivity contribution in [2.24, 2.45) is 0 Å². The average molecular weight is 430 g/mol. The normalized spacial score (nSPS) is 14.5. The SMILES string of the molecule is CC(=O)N(C)Cc1cccc(NC(=O)c2cccc(S(=O)(=O)NC3CCCC3)c2)c1. The van der Waals surface area contributed by atoms with Crippen LogP contribution in [0, 0.1) is 0 Å². The lowest BCUT2D eigenvalue weighted by molar-refractivity contribution is -0.128. The van der Waals surface area contributed by atoms with Gasteiger partial charge >= 0.3 is 0 Å². The van der Waals surface area contributed by atoms with Gasteiger partial charge in [-0.2, -0.15) is 0 Å². The van der Waals surface area contributed by atoms with Crippen LogP contribution in [-0.4, -0.2) is 38.2 Å². The quantitative estimate of drug-likeness (QED) is 0.707. The number of sulfonamides is 1. The molecule has 8 heteroatoms. The Labute approximate surface area is 177 Å². The highest BCUT2D eigenvalue weighted by molar-refractivity contribution is 7.89. The number of benzene rings is 2. The first-order chi connectivity index (χ1) is 14.2. The summed E-state index contributed by atoms with van der Waals surface area (Å²) in [7, 11) is -1.96. The van der Waals surface area contributed by atoms with Crippen LogP contribution in [0.5, 0.6) is 0 Å². The van der Waals surface area contributed by atoms with Gasteiger partial charge in [0.25, 0.3) is 5.91 Å². The Morgan fingerprint density at radius 2 is 1.77 bits per heavy atom. The molecule has 1 fully saturated rings. The van der Waals surface area contributed by atoms with Gasteiger partial charge in [0.2, 0.25) is 15.9 Å². The van der Waals surface area contributed by atoms with Crippen LogP contribution in [0.1, 0.15) is 48.5 Å². The van der Waals surface area contributed by atoms with E-state index in [0.29, 0.717) is 12.2 Å². The largest absolute Gasteiger partial charge is 0.342 e. The van der Waals surface area contributed by atoms with E-state index < -0.39 is 15.9 Å². The lowest BCUT2D eigenvalue weighted by Crippen LogP contribution is -2.32. The predicted octanol–water partition coefficient (Wildman–Crippen LogP) is 3.14. The molecule has 1 saturated carbocycles. The average Bonchev–Trinajstić information content (AvgIpc) is 3.20. The van der Waals surface area contributed by atoms with Gasteiger partial charge in [0.15, 0.2) is 0 Å². The van der Waals surface area contributed by atoms with Gasteiger partial charge in [0.05, 0.1) is 4.90 Å². The maximum atomic E-state index is 12.7. The number of hydrogen-bond acceptors (Lipinski definition) is 4. The van der Waals surface area contributed by atoms with Gasteiger partial charge < -0.3 is 10.2 Å². The highest BCUT2D eigenvalue weighted by Crippen LogP contribution is 2.21. The molecule has 160 valence electrons. The molecular weight excluding hydrogens is 402 g/mol. The maximum absolute atomic E-state index is 12.7. The highest BCUT2D eigenvalue weighted by Gasteiger charge is 2.23. The van der Waals surface area contributed by atoms with Crippen molar-refractivity contribution in [1.29, 1.82) is 0 Å². The van der Waals surface area contributed by atoms with Gasteiger partial charge in [0, 0.05) is 37.8 Å². The fourth-order valence-corrected chi connectivity index (χ4v) is 4.82. The topological polar surface area (TPSA) is 95.6 Å². The van der Waals surface area contributed by atoms with E-state index in [1.807, 2.05) is 6.07 Å². The van der Waals surface area contributed by atoms with Gasteiger partial charge in [-0.1, -0.05) is 31.0 Å². The Bertz CT molecular complexity index is 1030. The molecule has 2 aromatic carbocycles. The summed E-state index contributed by atoms with van der Waals surface area (Å²) in [6.07, 6.45) is 3.73. The minimum atomic E-state index is -3.67. The first-order valence-electron chi connectivity index (χ1n) is 9.99. The first-order valence-corrected chi connectivity index (χ1v) is 11.5. The number of hydrogen-bond donors (Lipinski definition) is 2. The van der Waals surface area contributed by atoms with Crippen molar-refractivity contribution in [2.75, 3.05) is 12.4 Å². The Kier molecular flexibility index (Phi) is 6.89. The van der Waals surface area contributed by atoms with Gasteiger partial charge in [-0.15, -0.1) is 0 Å². The standard InChI is InChI=1S/C22H27N3O4S/c1-16(26)25(2)15-17-7-5-11-20(13-17)23-22(27)18-8-6-12-21(14-18)30(28,29)24-19-9-3-4-10-19/h5-8,11-14,19,24H,3-4,9-10,15H2,1-2H3,(H,23,27). The highest BCUT2D eigenvalue weighted by atomic mass is 32.2. The molecule has 30 heavy (non-hydrogen) atoms. The number of nitrogens with one attached hydrogen (secondary N) is 2. The van der Waals surface area contributed by atoms with Crippen LogP contribution in [-0.2, 0) is 21.4 Å². The van der Waals surface area contributed by atoms with E-state index in [2.05, 4.69) is 10.0 Å². The summed E-state index contributed by atoms with van der Waals surface area (Å²) in [4.78, 5) is 25.8. The molecule has 0 unspecified atom stereocenters. The molecule has 0 aliphatic heterocycles. The van der Waals surface area contributed by atoms with Crippen LogP contribution in [0.15, 0.2) is 53.4 Å². The Morgan fingerprint density at radius 1 is 1.07 bits per heavy atom. The lowest BCUT2D eigenvalue weighted by atomic mass is 10.1. The summed E-state index contributed by atoms with van der Waals surface area (Å²) < 4.78 is 28.0. The van der Waals surface area contributed by atoms with Crippen molar-refractivity contribution in [1.82, 2.24) is 9.62 Å². The third-order valence-electron chi connectivity index (χ3n) is 5.23. The summed E-state index contributed by atoms with van der Waals surface area (Å²) >= 11 is 0. The van der Waals surface area contributed by atoms with E-state index in [0.717, 1.165) is 31.2 Å². The molecule has 0 heterocycles. The molecule has 7 nitrogen and oxygen atoms in total. The monoisotopic (exact) mass is 429 g/mol. The number of amides is 2. The molecule has 0 saturated heterocycles. The zero-order chi connectivity index (χ0) is 21.7. The third kappa shape index (κ3) is 5.67. The summed E-state index contributed by atoms with van der Waals surface area (Å²) in [5, 5.41) is 2.80. The second-order valence-electron chi connectivity index (χ2n) is 7.66. The second kappa shape index (κ2) is 9.40. The van der Waals surface area contributed by atoms with Crippen LogP contribution in [0.25, 0.3) is 0 Å². The molecular formula is C22H27N3O4S. The summed E-state index contributed by atoms with van der Waals surface area (Å²) in [5.74, 6) is -0.446. The van der Waals surface area contributed by atoms with Crippen molar-refractivity contribution in [3.8, 4) is 0 Å². The number of nitrogens with zero attached hydrogens (tertiary/aromatic N) is 1. The van der Waals surface area contributed by atoms with Crippen molar-refractivity contribution in [3.63, 3.8) is 0 Å². The van der Waals surface area contributed by atoms with Crippen LogP contribution in [0.2, 0.25) is 0 Å². The number of carbonyl (C=O) groups excluding carboxylic acids is 2. The molecule has 0 bridgehead atoms. The van der Waals surface area contributed by atoms with Crippen molar-refractivity contribution in [3.05, 3.63) is 59.7 Å². The van der Waals surface area contributed by atoms with E-state index in [-0.39, 0.29) is 22.4 Å². The van der Waals surface area contributed by atoms with Gasteiger partial charge in [-0.25, -0.2) is 13.1 Å². The van der Waals surface area contributed by atoms with Gasteiger partial charge in [-0.3, -0.25) is 9.59 Å². The van der Waals surface area contributed by atoms with E-state index in [4.69, 9.17) is 0 Å². The predicted molar refractivity (Wildman–Crippen MR) is 116 cm³/mol. The fourth-order valence-electron chi connectivity index (χ4n) is 3.47. The van der Waals surface area contributed by atoms with Crippen molar-refractivity contribution < 1.29 is 18.0 Å². The summed E-state index contributed by atoms with van der Waals surface area (Å²) in [6.45, 7) is 1.92. The van der Waals surface area contributed by atoms with Crippen LogP contribution < -0.4 is 10.0 Å². The van der Waals surface area contributed by atoms with Crippen LogP contribution in [0.4, 0.5) is 5.69 Å². The molecule has 0 aromatic heterocycles.